The second kappa shape index (κ2) is 5.73. The topological polar surface area (TPSA) is 94.7 Å². The molecule has 0 bridgehead atoms. The Morgan fingerprint density at radius 3 is 2.71 bits per heavy atom. The van der Waals surface area contributed by atoms with E-state index in [1.54, 1.807) is 7.11 Å². The Hall–Kier alpha value is -1.47. The van der Waals surface area contributed by atoms with Gasteiger partial charge in [-0.05, 0) is 25.7 Å². The molecule has 0 aromatic carbocycles. The average Bonchev–Trinajstić information content (AvgIpc) is 3.17. The molecule has 2 fully saturated rings. The largest absolute Gasteiger partial charge is 0.479 e. The predicted molar refractivity (Wildman–Crippen MR) is 70.6 cm³/mol. The van der Waals surface area contributed by atoms with Gasteiger partial charge < -0.3 is 19.1 Å². The van der Waals surface area contributed by atoms with E-state index in [1.807, 2.05) is 0 Å². The first-order valence-corrected chi connectivity index (χ1v) is 7.42. The van der Waals surface area contributed by atoms with Crippen LogP contribution in [0.2, 0.25) is 0 Å². The first-order valence-electron chi connectivity index (χ1n) is 7.42. The normalized spacial score (nSPS) is 28.6. The van der Waals surface area contributed by atoms with Crippen LogP contribution in [-0.2, 0) is 19.9 Å². The molecule has 2 heterocycles. The maximum Gasteiger partial charge on any atom is 0.332 e. The van der Waals surface area contributed by atoms with Crippen molar-refractivity contribution in [2.45, 2.75) is 62.8 Å². The van der Waals surface area contributed by atoms with Gasteiger partial charge in [-0.3, -0.25) is 0 Å². The Bertz CT molecular complexity index is 509. The Labute approximate surface area is 122 Å². The number of hydrogen-bond acceptors (Lipinski definition) is 6. The summed E-state index contributed by atoms with van der Waals surface area (Å²) < 4.78 is 16.4. The maximum atomic E-state index is 10.9. The van der Waals surface area contributed by atoms with Gasteiger partial charge in [0.25, 0.3) is 5.89 Å². The minimum Gasteiger partial charge on any atom is -0.479 e. The van der Waals surface area contributed by atoms with Crippen molar-refractivity contribution in [1.82, 2.24) is 10.1 Å². The lowest BCUT2D eigenvalue weighted by atomic mass is 9.84. The van der Waals surface area contributed by atoms with Crippen molar-refractivity contribution < 1.29 is 23.9 Å². The Morgan fingerprint density at radius 1 is 1.33 bits per heavy atom. The Kier molecular flexibility index (Phi) is 3.95. The van der Waals surface area contributed by atoms with Crippen LogP contribution in [-0.4, -0.2) is 34.4 Å². The van der Waals surface area contributed by atoms with Crippen LogP contribution in [0.25, 0.3) is 0 Å². The summed E-state index contributed by atoms with van der Waals surface area (Å²) in [5, 5.41) is 13.0. The highest BCUT2D eigenvalue weighted by molar-refractivity contribution is 5.72. The molecule has 1 aliphatic carbocycles. The highest BCUT2D eigenvalue weighted by atomic mass is 16.6. The summed E-state index contributed by atoms with van der Waals surface area (Å²) in [5.74, 6) is -0.0318. The number of hydrogen-bond donors (Lipinski definition) is 1. The molecule has 2 unspecified atom stereocenters. The first kappa shape index (κ1) is 14.5. The third-order valence-corrected chi connectivity index (χ3v) is 4.47. The van der Waals surface area contributed by atoms with E-state index in [0.717, 1.165) is 25.7 Å². The standard InChI is InChI=1S/C14H20N2O5/c1-19-14(7-3-2-4-8-14)13-15-11(21-16-13)9-5-6-10(20-9)12(17)18/h9-10H,2-8H2,1H3,(H,17,18). The lowest BCUT2D eigenvalue weighted by Gasteiger charge is -2.32. The van der Waals surface area contributed by atoms with E-state index in [1.165, 1.54) is 6.42 Å². The van der Waals surface area contributed by atoms with Crippen LogP contribution in [0, 0.1) is 0 Å². The molecule has 2 atom stereocenters. The zero-order valence-corrected chi connectivity index (χ0v) is 12.1. The number of rotatable bonds is 4. The van der Waals surface area contributed by atoms with Gasteiger partial charge in [0.2, 0.25) is 5.82 Å². The fourth-order valence-electron chi connectivity index (χ4n) is 3.19. The molecule has 1 saturated carbocycles. The molecule has 0 radical (unpaired) electrons. The number of methoxy groups -OCH3 is 1. The monoisotopic (exact) mass is 296 g/mol. The van der Waals surface area contributed by atoms with Crippen LogP contribution in [0.4, 0.5) is 0 Å². The van der Waals surface area contributed by atoms with Crippen LogP contribution in [0.1, 0.15) is 62.8 Å². The van der Waals surface area contributed by atoms with Crippen LogP contribution < -0.4 is 0 Å². The van der Waals surface area contributed by atoms with E-state index in [0.29, 0.717) is 24.6 Å². The second-order valence-electron chi connectivity index (χ2n) is 5.74. The van der Waals surface area contributed by atoms with Crippen molar-refractivity contribution >= 4 is 5.97 Å². The number of aliphatic carboxylic acids is 1. The van der Waals surface area contributed by atoms with Gasteiger partial charge in [-0.25, -0.2) is 4.79 Å². The summed E-state index contributed by atoms with van der Waals surface area (Å²) in [6.45, 7) is 0. The second-order valence-corrected chi connectivity index (χ2v) is 5.74. The van der Waals surface area contributed by atoms with Crippen molar-refractivity contribution in [1.29, 1.82) is 0 Å². The molecular formula is C14H20N2O5. The van der Waals surface area contributed by atoms with E-state index in [-0.39, 0.29) is 0 Å². The van der Waals surface area contributed by atoms with Gasteiger partial charge in [-0.15, -0.1) is 0 Å². The number of ether oxygens (including phenoxy) is 2. The molecule has 0 amide bonds. The molecule has 1 saturated heterocycles. The van der Waals surface area contributed by atoms with Crippen LogP contribution in [0.5, 0.6) is 0 Å². The Balaban J connectivity index is 1.75. The van der Waals surface area contributed by atoms with Gasteiger partial charge in [0.1, 0.15) is 11.7 Å². The zero-order valence-electron chi connectivity index (χ0n) is 12.1. The molecular weight excluding hydrogens is 276 g/mol. The molecule has 116 valence electrons. The molecule has 1 N–H and O–H groups in total. The summed E-state index contributed by atoms with van der Waals surface area (Å²) in [5.41, 5.74) is -0.467. The lowest BCUT2D eigenvalue weighted by molar-refractivity contribution is -0.150. The van der Waals surface area contributed by atoms with Gasteiger partial charge in [0.05, 0.1) is 0 Å². The van der Waals surface area contributed by atoms with E-state index in [4.69, 9.17) is 19.1 Å². The minimum atomic E-state index is -0.946. The summed E-state index contributed by atoms with van der Waals surface area (Å²) in [6.07, 6.45) is 4.96. The summed E-state index contributed by atoms with van der Waals surface area (Å²) in [7, 11) is 1.67. The lowest BCUT2D eigenvalue weighted by Crippen LogP contribution is -2.32. The molecule has 2 aliphatic rings. The molecule has 3 rings (SSSR count). The maximum absolute atomic E-state index is 10.9. The van der Waals surface area contributed by atoms with Gasteiger partial charge in [-0.1, -0.05) is 24.4 Å². The van der Waals surface area contributed by atoms with Crippen molar-refractivity contribution in [2.75, 3.05) is 7.11 Å². The van der Waals surface area contributed by atoms with E-state index in [9.17, 15) is 4.79 Å². The van der Waals surface area contributed by atoms with Crippen molar-refractivity contribution in [3.05, 3.63) is 11.7 Å². The smallest absolute Gasteiger partial charge is 0.332 e. The fourth-order valence-corrected chi connectivity index (χ4v) is 3.19. The fraction of sp³-hybridized carbons (Fsp3) is 0.786. The molecule has 21 heavy (non-hydrogen) atoms. The molecule has 1 aromatic heterocycles. The highest BCUT2D eigenvalue weighted by Crippen LogP contribution is 2.40. The van der Waals surface area contributed by atoms with E-state index >= 15 is 0 Å². The van der Waals surface area contributed by atoms with Gasteiger partial charge in [0.15, 0.2) is 6.10 Å². The summed E-state index contributed by atoms with van der Waals surface area (Å²) >= 11 is 0. The Morgan fingerprint density at radius 2 is 2.10 bits per heavy atom. The van der Waals surface area contributed by atoms with Gasteiger partial charge >= 0.3 is 5.97 Å². The number of carboxylic acid groups (broad SMARTS) is 1. The predicted octanol–water partition coefficient (Wildman–Crippen LogP) is 2.18. The van der Waals surface area contributed by atoms with Gasteiger partial charge in [-0.2, -0.15) is 4.98 Å². The molecule has 1 aromatic rings. The van der Waals surface area contributed by atoms with Crippen LogP contribution >= 0.6 is 0 Å². The number of carbonyl (C=O) groups is 1. The summed E-state index contributed by atoms with van der Waals surface area (Å²) in [6, 6.07) is 0. The highest BCUT2D eigenvalue weighted by Gasteiger charge is 2.40. The molecule has 7 nitrogen and oxygen atoms in total. The molecule has 7 heteroatoms. The number of carboxylic acids is 1. The van der Waals surface area contributed by atoms with Gasteiger partial charge in [0, 0.05) is 7.11 Å². The minimum absolute atomic E-state index is 0.357. The summed E-state index contributed by atoms with van der Waals surface area (Å²) in [4.78, 5) is 15.3. The zero-order chi connectivity index (χ0) is 14.9. The van der Waals surface area contributed by atoms with Crippen LogP contribution in [0.3, 0.4) is 0 Å². The third-order valence-electron chi connectivity index (χ3n) is 4.47. The SMILES string of the molecule is COC1(c2noc(C3CCC(C(=O)O)O3)n2)CCCCC1. The van der Waals surface area contributed by atoms with Crippen molar-refractivity contribution in [3.8, 4) is 0 Å². The van der Waals surface area contributed by atoms with Crippen molar-refractivity contribution in [2.24, 2.45) is 0 Å². The van der Waals surface area contributed by atoms with Crippen LogP contribution in [0.15, 0.2) is 4.52 Å². The third kappa shape index (κ3) is 2.67. The van der Waals surface area contributed by atoms with E-state index < -0.39 is 23.8 Å². The molecule has 0 spiro atoms. The quantitative estimate of drug-likeness (QED) is 0.909. The molecule has 1 aliphatic heterocycles. The number of nitrogens with zero attached hydrogens (tertiary/aromatic N) is 2. The number of aromatic nitrogens is 2. The first-order chi connectivity index (χ1) is 10.1. The van der Waals surface area contributed by atoms with E-state index in [2.05, 4.69) is 10.1 Å². The average molecular weight is 296 g/mol. The van der Waals surface area contributed by atoms with Crippen molar-refractivity contribution in [3.63, 3.8) is 0 Å².